The van der Waals surface area contributed by atoms with Gasteiger partial charge in [-0.2, -0.15) is 0 Å². The van der Waals surface area contributed by atoms with Gasteiger partial charge in [-0.15, -0.1) is 0 Å². The fourth-order valence-electron chi connectivity index (χ4n) is 3.48. The number of anilines is 1. The summed E-state index contributed by atoms with van der Waals surface area (Å²) in [5.74, 6) is 0.0712. The third-order valence-electron chi connectivity index (χ3n) is 4.47. The van der Waals surface area contributed by atoms with Gasteiger partial charge in [0.2, 0.25) is 0 Å². The van der Waals surface area contributed by atoms with Gasteiger partial charge in [0.1, 0.15) is 0 Å². The van der Waals surface area contributed by atoms with E-state index >= 15 is 0 Å². The first-order valence-corrected chi connectivity index (χ1v) is 7.48. The molecule has 1 atom stereocenters. The van der Waals surface area contributed by atoms with E-state index < -0.39 is 0 Å². The predicted molar refractivity (Wildman–Crippen MR) is 82.4 cm³/mol. The number of carbonyl (C=O) groups excluding carboxylic acids is 1. The zero-order chi connectivity index (χ0) is 14.4. The molecule has 1 N–H and O–H groups in total. The molecule has 21 heavy (non-hydrogen) atoms. The number of nitrogens with zero attached hydrogens (tertiary/aromatic N) is 2. The maximum atomic E-state index is 12.7. The van der Waals surface area contributed by atoms with Crippen molar-refractivity contribution in [2.45, 2.75) is 18.9 Å². The summed E-state index contributed by atoms with van der Waals surface area (Å²) in [5.41, 5.74) is 1.79. The lowest BCUT2D eigenvalue weighted by Crippen LogP contribution is -2.46. The number of hydrogen-bond acceptors (Lipinski definition) is 3. The Balaban J connectivity index is 1.69. The Morgan fingerprint density at radius 2 is 2.00 bits per heavy atom. The summed E-state index contributed by atoms with van der Waals surface area (Å²) < 4.78 is 0. The number of carbonyl (C=O) groups is 1. The Morgan fingerprint density at radius 3 is 2.81 bits per heavy atom. The van der Waals surface area contributed by atoms with Crippen LogP contribution in [0.25, 0.3) is 10.8 Å². The van der Waals surface area contributed by atoms with Gasteiger partial charge in [0, 0.05) is 24.0 Å². The van der Waals surface area contributed by atoms with Crippen molar-refractivity contribution < 1.29 is 9.90 Å². The maximum Gasteiger partial charge on any atom is 0.260 e. The minimum atomic E-state index is -0.269. The zero-order valence-electron chi connectivity index (χ0n) is 11.8. The molecule has 2 aromatic carbocycles. The summed E-state index contributed by atoms with van der Waals surface area (Å²) in [4.78, 5) is 16.7. The Morgan fingerprint density at radius 1 is 1.19 bits per heavy atom. The average molecular weight is 282 g/mol. The lowest BCUT2D eigenvalue weighted by molar-refractivity contribution is 0.0678. The van der Waals surface area contributed by atoms with E-state index in [2.05, 4.69) is 4.90 Å². The molecule has 4 heteroatoms. The van der Waals surface area contributed by atoms with E-state index in [0.29, 0.717) is 13.2 Å². The molecule has 0 spiro atoms. The van der Waals surface area contributed by atoms with E-state index in [4.69, 9.17) is 0 Å². The van der Waals surface area contributed by atoms with Crippen LogP contribution in [-0.4, -0.2) is 41.8 Å². The van der Waals surface area contributed by atoms with Crippen LogP contribution >= 0.6 is 0 Å². The zero-order valence-corrected chi connectivity index (χ0v) is 11.8. The van der Waals surface area contributed by atoms with Gasteiger partial charge >= 0.3 is 0 Å². The number of piperidine rings is 1. The Kier molecular flexibility index (Phi) is 2.94. The van der Waals surface area contributed by atoms with Crippen LogP contribution in [0, 0.1) is 0 Å². The van der Waals surface area contributed by atoms with E-state index in [0.717, 1.165) is 41.4 Å². The third kappa shape index (κ3) is 2.03. The molecule has 2 aromatic rings. The van der Waals surface area contributed by atoms with Crippen molar-refractivity contribution in [3.05, 3.63) is 42.0 Å². The van der Waals surface area contributed by atoms with Crippen LogP contribution in [0.5, 0.6) is 0 Å². The molecule has 0 saturated carbocycles. The van der Waals surface area contributed by atoms with Crippen molar-refractivity contribution in [2.24, 2.45) is 0 Å². The first-order chi connectivity index (χ1) is 10.2. The number of β-amino-alcohol motifs (C(OH)–C–C–N with tert-alkyl or cyclic N) is 1. The Bertz CT molecular complexity index is 708. The normalized spacial score (nSPS) is 22.2. The van der Waals surface area contributed by atoms with E-state index in [9.17, 15) is 9.90 Å². The number of amides is 1. The summed E-state index contributed by atoms with van der Waals surface area (Å²) in [5, 5.41) is 12.0. The minimum Gasteiger partial charge on any atom is -0.392 e. The number of rotatable bonds is 2. The molecule has 0 aliphatic carbocycles. The van der Waals surface area contributed by atoms with E-state index in [1.54, 1.807) is 0 Å². The summed E-state index contributed by atoms with van der Waals surface area (Å²) >= 11 is 0. The van der Waals surface area contributed by atoms with E-state index in [-0.39, 0.29) is 12.0 Å². The van der Waals surface area contributed by atoms with Crippen LogP contribution in [0.3, 0.4) is 0 Å². The number of aliphatic hydroxyl groups excluding tert-OH is 1. The fourth-order valence-corrected chi connectivity index (χ4v) is 3.48. The largest absolute Gasteiger partial charge is 0.392 e. The van der Waals surface area contributed by atoms with Crippen molar-refractivity contribution in [3.8, 4) is 0 Å². The molecular weight excluding hydrogens is 264 g/mol. The van der Waals surface area contributed by atoms with Crippen molar-refractivity contribution in [1.29, 1.82) is 0 Å². The number of aliphatic hydroxyl groups is 1. The van der Waals surface area contributed by atoms with Crippen LogP contribution in [-0.2, 0) is 0 Å². The second-order valence-electron chi connectivity index (χ2n) is 5.93. The molecule has 0 bridgehead atoms. The van der Waals surface area contributed by atoms with Gasteiger partial charge in [0.15, 0.2) is 0 Å². The number of likely N-dealkylation sites (tertiary alicyclic amines) is 1. The van der Waals surface area contributed by atoms with Gasteiger partial charge in [-0.05, 0) is 30.4 Å². The quantitative estimate of drug-likeness (QED) is 0.918. The standard InChI is InChI=1S/C17H18N2O2/c20-13-6-3-9-18(10-13)11-19-15-8-2-5-12-4-1-7-14(16(12)15)17(19)21/h1-2,4-5,7-8,13,20H,3,6,9-11H2/t13-/m0/s1. The first kappa shape index (κ1) is 12.8. The van der Waals surface area contributed by atoms with E-state index in [1.165, 1.54) is 0 Å². The van der Waals surface area contributed by atoms with Crippen molar-refractivity contribution in [2.75, 3.05) is 24.7 Å². The van der Waals surface area contributed by atoms with Gasteiger partial charge in [-0.3, -0.25) is 14.6 Å². The minimum absolute atomic E-state index is 0.0712. The highest BCUT2D eigenvalue weighted by atomic mass is 16.3. The average Bonchev–Trinajstić information content (AvgIpc) is 2.76. The smallest absolute Gasteiger partial charge is 0.260 e. The monoisotopic (exact) mass is 282 g/mol. The topological polar surface area (TPSA) is 43.8 Å². The SMILES string of the molecule is O=C1c2cccc3cccc(c23)N1CN1CCC[C@H](O)C1. The van der Waals surface area contributed by atoms with Crippen molar-refractivity contribution in [3.63, 3.8) is 0 Å². The highest BCUT2D eigenvalue weighted by Crippen LogP contribution is 2.37. The molecule has 1 fully saturated rings. The molecule has 0 unspecified atom stereocenters. The summed E-state index contributed by atoms with van der Waals surface area (Å²) in [6, 6.07) is 11.9. The molecule has 2 heterocycles. The number of hydrogen-bond donors (Lipinski definition) is 1. The third-order valence-corrected chi connectivity index (χ3v) is 4.47. The maximum absolute atomic E-state index is 12.7. The second-order valence-corrected chi connectivity index (χ2v) is 5.93. The second kappa shape index (κ2) is 4.83. The molecule has 1 saturated heterocycles. The van der Waals surface area contributed by atoms with Crippen LogP contribution in [0.4, 0.5) is 5.69 Å². The molecular formula is C17H18N2O2. The lowest BCUT2D eigenvalue weighted by atomic mass is 10.1. The van der Waals surface area contributed by atoms with E-state index in [1.807, 2.05) is 41.3 Å². The lowest BCUT2D eigenvalue weighted by Gasteiger charge is -2.33. The molecule has 1 amide bonds. The first-order valence-electron chi connectivity index (χ1n) is 7.48. The summed E-state index contributed by atoms with van der Waals surface area (Å²) in [6.45, 7) is 2.15. The molecule has 4 nitrogen and oxygen atoms in total. The predicted octanol–water partition coefficient (Wildman–Crippen LogP) is 2.21. The van der Waals surface area contributed by atoms with Crippen LogP contribution in [0.1, 0.15) is 23.2 Å². The molecule has 2 aliphatic rings. The van der Waals surface area contributed by atoms with Gasteiger partial charge in [-0.1, -0.05) is 24.3 Å². The molecule has 0 aromatic heterocycles. The molecule has 0 radical (unpaired) electrons. The Labute approximate surface area is 123 Å². The highest BCUT2D eigenvalue weighted by Gasteiger charge is 2.31. The van der Waals surface area contributed by atoms with Gasteiger partial charge in [0.05, 0.1) is 18.5 Å². The summed E-state index contributed by atoms with van der Waals surface area (Å²) in [7, 11) is 0. The molecule has 108 valence electrons. The number of benzene rings is 2. The van der Waals surface area contributed by atoms with Crippen LogP contribution < -0.4 is 4.90 Å². The van der Waals surface area contributed by atoms with Gasteiger partial charge in [0.25, 0.3) is 5.91 Å². The molecule has 2 aliphatic heterocycles. The fraction of sp³-hybridized carbons (Fsp3) is 0.353. The van der Waals surface area contributed by atoms with Crippen LogP contribution in [0.15, 0.2) is 36.4 Å². The van der Waals surface area contributed by atoms with Crippen molar-refractivity contribution >= 4 is 22.4 Å². The van der Waals surface area contributed by atoms with Crippen LogP contribution in [0.2, 0.25) is 0 Å². The van der Waals surface area contributed by atoms with Crippen molar-refractivity contribution in [1.82, 2.24) is 4.90 Å². The Hall–Kier alpha value is -1.91. The van der Waals surface area contributed by atoms with Gasteiger partial charge < -0.3 is 5.11 Å². The summed E-state index contributed by atoms with van der Waals surface area (Å²) in [6.07, 6.45) is 1.58. The molecule has 4 rings (SSSR count). The highest BCUT2D eigenvalue weighted by molar-refractivity contribution is 6.24. The van der Waals surface area contributed by atoms with Gasteiger partial charge in [-0.25, -0.2) is 0 Å².